The standard InChI is InChI=1S/C25H27N3O/c1-19-7-5-10-21(15-19)23-16-26-17-24(27-23)22-11-6-14-28(18-22)25(29)13-12-20-8-3-2-4-9-20/h2-5,7-10,15-17,22H,6,11-14,18H2,1H3. The van der Waals surface area contributed by atoms with E-state index in [1.807, 2.05) is 41.6 Å². The summed E-state index contributed by atoms with van der Waals surface area (Å²) in [7, 11) is 0. The molecule has 4 nitrogen and oxygen atoms in total. The molecule has 2 aromatic carbocycles. The summed E-state index contributed by atoms with van der Waals surface area (Å²) in [5.41, 5.74) is 5.41. The number of aryl methyl sites for hydroxylation is 2. The number of carbonyl (C=O) groups excluding carboxylic acids is 1. The first-order valence-electron chi connectivity index (χ1n) is 10.4. The molecule has 1 aromatic heterocycles. The Labute approximate surface area is 172 Å². The number of hydrogen-bond acceptors (Lipinski definition) is 3. The van der Waals surface area contributed by atoms with Gasteiger partial charge in [0.1, 0.15) is 0 Å². The van der Waals surface area contributed by atoms with Crippen LogP contribution in [0.15, 0.2) is 67.0 Å². The van der Waals surface area contributed by atoms with Gasteiger partial charge >= 0.3 is 0 Å². The molecule has 0 spiro atoms. The van der Waals surface area contributed by atoms with Gasteiger partial charge in [-0.15, -0.1) is 0 Å². The molecule has 1 aliphatic heterocycles. The molecule has 1 fully saturated rings. The van der Waals surface area contributed by atoms with Crippen molar-refractivity contribution in [2.75, 3.05) is 13.1 Å². The Morgan fingerprint density at radius 3 is 2.79 bits per heavy atom. The van der Waals surface area contributed by atoms with Crippen molar-refractivity contribution in [2.45, 2.75) is 38.5 Å². The third kappa shape index (κ3) is 4.89. The normalized spacial score (nSPS) is 16.6. The summed E-state index contributed by atoms with van der Waals surface area (Å²) in [5.74, 6) is 0.489. The average molecular weight is 386 g/mol. The first-order valence-corrected chi connectivity index (χ1v) is 10.4. The van der Waals surface area contributed by atoms with E-state index in [9.17, 15) is 4.79 Å². The van der Waals surface area contributed by atoms with Crippen molar-refractivity contribution in [1.29, 1.82) is 0 Å². The minimum absolute atomic E-state index is 0.237. The summed E-state index contributed by atoms with van der Waals surface area (Å²) in [6.45, 7) is 3.66. The van der Waals surface area contributed by atoms with Gasteiger partial charge < -0.3 is 4.90 Å². The number of aromatic nitrogens is 2. The molecule has 2 heterocycles. The molecule has 1 atom stereocenters. The summed E-state index contributed by atoms with van der Waals surface area (Å²) < 4.78 is 0. The predicted octanol–water partition coefficient (Wildman–Crippen LogP) is 4.79. The van der Waals surface area contributed by atoms with Gasteiger partial charge in [0.25, 0.3) is 0 Å². The van der Waals surface area contributed by atoms with Gasteiger partial charge in [0.2, 0.25) is 5.91 Å². The lowest BCUT2D eigenvalue weighted by Crippen LogP contribution is -2.39. The van der Waals surface area contributed by atoms with E-state index >= 15 is 0 Å². The maximum absolute atomic E-state index is 12.8. The van der Waals surface area contributed by atoms with Gasteiger partial charge in [-0.2, -0.15) is 0 Å². The van der Waals surface area contributed by atoms with Crippen LogP contribution in [0.3, 0.4) is 0 Å². The minimum atomic E-state index is 0.237. The van der Waals surface area contributed by atoms with Crippen LogP contribution in [-0.2, 0) is 11.2 Å². The highest BCUT2D eigenvalue weighted by atomic mass is 16.2. The van der Waals surface area contributed by atoms with Crippen LogP contribution in [0.25, 0.3) is 11.3 Å². The van der Waals surface area contributed by atoms with Crippen LogP contribution in [-0.4, -0.2) is 33.9 Å². The fourth-order valence-electron chi connectivity index (χ4n) is 4.02. The molecule has 0 saturated carbocycles. The Balaban J connectivity index is 1.43. The Morgan fingerprint density at radius 2 is 1.97 bits per heavy atom. The third-order valence-electron chi connectivity index (χ3n) is 5.63. The van der Waals surface area contributed by atoms with Crippen molar-refractivity contribution in [1.82, 2.24) is 14.9 Å². The Hall–Kier alpha value is -3.01. The number of likely N-dealkylation sites (tertiary alicyclic amines) is 1. The molecule has 1 aliphatic rings. The molecule has 4 rings (SSSR count). The van der Waals surface area contributed by atoms with Gasteiger partial charge in [-0.25, -0.2) is 4.98 Å². The monoisotopic (exact) mass is 385 g/mol. The molecule has 0 aliphatic carbocycles. The molecule has 0 radical (unpaired) electrons. The van der Waals surface area contributed by atoms with Gasteiger partial charge in [0.05, 0.1) is 17.6 Å². The molecule has 0 bridgehead atoms. The second-order valence-corrected chi connectivity index (χ2v) is 7.86. The summed E-state index contributed by atoms with van der Waals surface area (Å²) in [5, 5.41) is 0. The fourth-order valence-corrected chi connectivity index (χ4v) is 4.02. The fraction of sp³-hybridized carbons (Fsp3) is 0.320. The van der Waals surface area contributed by atoms with E-state index in [2.05, 4.69) is 42.2 Å². The summed E-state index contributed by atoms with van der Waals surface area (Å²) >= 11 is 0. The number of nitrogens with zero attached hydrogens (tertiary/aromatic N) is 3. The summed E-state index contributed by atoms with van der Waals surface area (Å²) in [4.78, 5) is 24.1. The van der Waals surface area contributed by atoms with Gasteiger partial charge in [-0.3, -0.25) is 9.78 Å². The number of hydrogen-bond donors (Lipinski definition) is 0. The molecule has 1 amide bonds. The first kappa shape index (κ1) is 19.3. The van der Waals surface area contributed by atoms with E-state index < -0.39 is 0 Å². The summed E-state index contributed by atoms with van der Waals surface area (Å²) in [6, 6.07) is 18.6. The topological polar surface area (TPSA) is 46.1 Å². The largest absolute Gasteiger partial charge is 0.342 e. The maximum atomic E-state index is 12.8. The SMILES string of the molecule is Cc1cccc(-c2cncc(C3CCCN(C(=O)CCc4ccccc4)C3)n2)c1. The van der Waals surface area contributed by atoms with Crippen molar-refractivity contribution >= 4 is 5.91 Å². The Bertz CT molecular complexity index is 971. The molecule has 1 unspecified atom stereocenters. The predicted molar refractivity (Wildman–Crippen MR) is 116 cm³/mol. The number of piperidine rings is 1. The molecule has 29 heavy (non-hydrogen) atoms. The van der Waals surface area contributed by atoms with E-state index in [4.69, 9.17) is 4.98 Å². The van der Waals surface area contributed by atoms with E-state index in [0.29, 0.717) is 6.42 Å². The quantitative estimate of drug-likeness (QED) is 0.634. The van der Waals surface area contributed by atoms with E-state index in [-0.39, 0.29) is 11.8 Å². The van der Waals surface area contributed by atoms with E-state index in [1.165, 1.54) is 11.1 Å². The van der Waals surface area contributed by atoms with Crippen LogP contribution >= 0.6 is 0 Å². The summed E-state index contributed by atoms with van der Waals surface area (Å²) in [6.07, 6.45) is 7.10. The minimum Gasteiger partial charge on any atom is -0.342 e. The molecule has 148 valence electrons. The van der Waals surface area contributed by atoms with Crippen molar-refractivity contribution < 1.29 is 4.79 Å². The number of benzene rings is 2. The molecular formula is C25H27N3O. The Morgan fingerprint density at radius 1 is 1.10 bits per heavy atom. The van der Waals surface area contributed by atoms with Gasteiger partial charge in [0, 0.05) is 37.2 Å². The van der Waals surface area contributed by atoms with E-state index in [0.717, 1.165) is 49.3 Å². The van der Waals surface area contributed by atoms with Gasteiger partial charge in [0.15, 0.2) is 0 Å². The van der Waals surface area contributed by atoms with Crippen molar-refractivity contribution in [2.24, 2.45) is 0 Å². The van der Waals surface area contributed by atoms with Crippen LogP contribution in [0.2, 0.25) is 0 Å². The number of amides is 1. The zero-order valence-corrected chi connectivity index (χ0v) is 16.9. The maximum Gasteiger partial charge on any atom is 0.222 e. The van der Waals surface area contributed by atoms with Crippen LogP contribution < -0.4 is 0 Å². The zero-order chi connectivity index (χ0) is 20.1. The van der Waals surface area contributed by atoms with Crippen LogP contribution in [0.5, 0.6) is 0 Å². The number of rotatable bonds is 5. The smallest absolute Gasteiger partial charge is 0.222 e. The number of carbonyl (C=O) groups is 1. The Kier molecular flexibility index (Phi) is 5.99. The average Bonchev–Trinajstić information content (AvgIpc) is 2.78. The zero-order valence-electron chi connectivity index (χ0n) is 16.9. The van der Waals surface area contributed by atoms with Gasteiger partial charge in [-0.05, 0) is 37.8 Å². The first-order chi connectivity index (χ1) is 14.2. The molecule has 0 N–H and O–H groups in total. The van der Waals surface area contributed by atoms with Crippen molar-refractivity contribution in [3.63, 3.8) is 0 Å². The van der Waals surface area contributed by atoms with Crippen LogP contribution in [0, 0.1) is 6.92 Å². The highest BCUT2D eigenvalue weighted by molar-refractivity contribution is 5.76. The molecular weight excluding hydrogens is 358 g/mol. The van der Waals surface area contributed by atoms with Crippen molar-refractivity contribution in [3.8, 4) is 11.3 Å². The lowest BCUT2D eigenvalue weighted by atomic mass is 9.94. The second kappa shape index (κ2) is 8.99. The molecule has 1 saturated heterocycles. The van der Waals surface area contributed by atoms with E-state index in [1.54, 1.807) is 0 Å². The molecule has 4 heteroatoms. The lowest BCUT2D eigenvalue weighted by molar-refractivity contribution is -0.132. The van der Waals surface area contributed by atoms with Crippen molar-refractivity contribution in [3.05, 3.63) is 83.8 Å². The van der Waals surface area contributed by atoms with Crippen LogP contribution in [0.1, 0.15) is 42.0 Å². The lowest BCUT2D eigenvalue weighted by Gasteiger charge is -2.32. The third-order valence-corrected chi connectivity index (χ3v) is 5.63. The highest BCUT2D eigenvalue weighted by Crippen LogP contribution is 2.27. The highest BCUT2D eigenvalue weighted by Gasteiger charge is 2.25. The second-order valence-electron chi connectivity index (χ2n) is 7.86. The van der Waals surface area contributed by atoms with Crippen LogP contribution in [0.4, 0.5) is 0 Å². The van der Waals surface area contributed by atoms with Gasteiger partial charge in [-0.1, -0.05) is 54.1 Å². The molecule has 3 aromatic rings.